The zero-order valence-corrected chi connectivity index (χ0v) is 14.1. The number of ether oxygens (including phenoxy) is 1. The van der Waals surface area contributed by atoms with E-state index in [1.165, 1.54) is 23.3 Å². The Kier molecular flexibility index (Phi) is 5.40. The van der Waals surface area contributed by atoms with Gasteiger partial charge in [-0.2, -0.15) is 5.48 Å². The molecule has 27 heavy (non-hydrogen) atoms. The fourth-order valence-electron chi connectivity index (χ4n) is 2.43. The predicted molar refractivity (Wildman–Crippen MR) is 98.4 cm³/mol. The number of phenols is 1. The maximum atomic E-state index is 12.5. The number of anilines is 2. The number of nitrogens with zero attached hydrogens (tertiary/aromatic N) is 2. The monoisotopic (exact) mass is 361 g/mol. The van der Waals surface area contributed by atoms with Gasteiger partial charge < -0.3 is 9.84 Å². The smallest absolute Gasteiger partial charge is 0.360 e. The van der Waals surface area contributed by atoms with Crippen molar-refractivity contribution in [1.29, 1.82) is 5.26 Å². The van der Waals surface area contributed by atoms with Crippen LogP contribution >= 0.6 is 0 Å². The number of nitriles is 1. The lowest BCUT2D eigenvalue weighted by atomic mass is 10.2. The highest BCUT2D eigenvalue weighted by Gasteiger charge is 2.22. The number of hydrogen-bond acceptors (Lipinski definition) is 5. The molecule has 0 aliphatic heterocycles. The van der Waals surface area contributed by atoms with Crippen LogP contribution in [0.25, 0.3) is 0 Å². The lowest BCUT2D eigenvalue weighted by Crippen LogP contribution is -2.36. The largest absolute Gasteiger partial charge is 0.506 e. The molecule has 2 amide bonds. The Bertz CT molecular complexity index is 956. The van der Waals surface area contributed by atoms with E-state index >= 15 is 0 Å². The first-order valence-electron chi connectivity index (χ1n) is 7.95. The highest BCUT2D eigenvalue weighted by molar-refractivity contribution is 6.00. The van der Waals surface area contributed by atoms with E-state index in [1.807, 2.05) is 23.7 Å². The van der Waals surface area contributed by atoms with Crippen LogP contribution in [0.15, 0.2) is 78.9 Å². The first kappa shape index (κ1) is 17.6. The number of para-hydroxylation sites is 2. The minimum absolute atomic E-state index is 0.147. The van der Waals surface area contributed by atoms with Crippen molar-refractivity contribution >= 4 is 17.4 Å². The second kappa shape index (κ2) is 8.27. The molecule has 0 aliphatic carbocycles. The Morgan fingerprint density at radius 2 is 1.63 bits per heavy atom. The molecule has 0 fully saturated rings. The number of phenolic OH excluding ortho intramolecular Hbond substituents is 1. The van der Waals surface area contributed by atoms with Gasteiger partial charge in [-0.3, -0.25) is 9.74 Å². The molecule has 3 rings (SSSR count). The van der Waals surface area contributed by atoms with Gasteiger partial charge in [-0.05, 0) is 36.4 Å². The van der Waals surface area contributed by atoms with Gasteiger partial charge in [0.05, 0.1) is 11.4 Å². The lowest BCUT2D eigenvalue weighted by Gasteiger charge is -2.23. The van der Waals surface area contributed by atoms with E-state index in [-0.39, 0.29) is 11.4 Å². The molecular formula is C20H15N3O4. The van der Waals surface area contributed by atoms with Crippen molar-refractivity contribution in [1.82, 2.24) is 5.48 Å². The zero-order chi connectivity index (χ0) is 19.1. The van der Waals surface area contributed by atoms with E-state index < -0.39 is 6.03 Å². The number of rotatable bonds is 5. The Balaban J connectivity index is 1.99. The number of carbonyl (C=O) groups excluding carboxylic acids is 1. The van der Waals surface area contributed by atoms with Gasteiger partial charge in [0, 0.05) is 6.07 Å². The number of nitrogens with one attached hydrogen (secondary N) is 1. The first-order chi connectivity index (χ1) is 13.2. The molecule has 3 aromatic rings. The van der Waals surface area contributed by atoms with Gasteiger partial charge in [0.15, 0.2) is 0 Å². The number of hydrogen-bond donors (Lipinski definition) is 2. The van der Waals surface area contributed by atoms with Gasteiger partial charge in [0.1, 0.15) is 17.2 Å². The van der Waals surface area contributed by atoms with Gasteiger partial charge in [-0.15, -0.1) is 5.26 Å². The Hall–Kier alpha value is -4.18. The average molecular weight is 361 g/mol. The molecule has 0 bridgehead atoms. The van der Waals surface area contributed by atoms with E-state index in [1.54, 1.807) is 48.5 Å². The summed E-state index contributed by atoms with van der Waals surface area (Å²) >= 11 is 0. The fraction of sp³-hybridized carbons (Fsp3) is 0. The summed E-state index contributed by atoms with van der Waals surface area (Å²) in [5.74, 6) is 0.882. The Morgan fingerprint density at radius 1 is 0.963 bits per heavy atom. The Labute approximate surface area is 155 Å². The van der Waals surface area contributed by atoms with E-state index in [2.05, 4.69) is 4.84 Å². The highest BCUT2D eigenvalue weighted by Crippen LogP contribution is 2.37. The van der Waals surface area contributed by atoms with Crippen LogP contribution in [0.4, 0.5) is 16.2 Å². The molecule has 0 aliphatic rings. The van der Waals surface area contributed by atoms with Crippen molar-refractivity contribution < 1.29 is 19.5 Å². The van der Waals surface area contributed by atoms with Crippen molar-refractivity contribution in [3.05, 3.63) is 78.9 Å². The van der Waals surface area contributed by atoms with Crippen LogP contribution in [0.5, 0.6) is 17.2 Å². The number of aromatic hydroxyl groups is 1. The van der Waals surface area contributed by atoms with E-state index in [4.69, 9.17) is 10.00 Å². The molecule has 134 valence electrons. The summed E-state index contributed by atoms with van der Waals surface area (Å²) < 4.78 is 5.77. The molecule has 0 aromatic heterocycles. The van der Waals surface area contributed by atoms with Crippen molar-refractivity contribution in [2.45, 2.75) is 0 Å². The predicted octanol–water partition coefficient (Wildman–Crippen LogP) is 4.44. The summed E-state index contributed by atoms with van der Waals surface area (Å²) in [6.45, 7) is 0. The molecular weight excluding hydrogens is 346 g/mol. The van der Waals surface area contributed by atoms with Crippen molar-refractivity contribution in [3.8, 4) is 23.5 Å². The van der Waals surface area contributed by atoms with E-state index in [9.17, 15) is 9.90 Å². The van der Waals surface area contributed by atoms with Gasteiger partial charge >= 0.3 is 12.3 Å². The maximum absolute atomic E-state index is 12.5. The van der Waals surface area contributed by atoms with E-state index in [0.29, 0.717) is 17.2 Å². The molecule has 0 heterocycles. The molecule has 0 saturated heterocycles. The third-order valence-electron chi connectivity index (χ3n) is 3.57. The molecule has 2 N–H and O–H groups in total. The van der Waals surface area contributed by atoms with Crippen LogP contribution in [0, 0.1) is 11.5 Å². The number of benzene rings is 3. The molecule has 7 heteroatoms. The number of amides is 2. The standard InChI is InChI=1S/C20H15N3O4/c21-14-26-22-20(25)23(15-7-3-1-4-8-15)18-13-17(11-12-19(18)24)27-16-9-5-2-6-10-16/h1-13,24H,(H,22,25). The zero-order valence-electron chi connectivity index (χ0n) is 14.1. The highest BCUT2D eigenvalue weighted by atomic mass is 16.6. The summed E-state index contributed by atoms with van der Waals surface area (Å²) in [4.78, 5) is 18.0. The number of carbonyl (C=O) groups is 1. The van der Waals surface area contributed by atoms with Gasteiger partial charge in [-0.25, -0.2) is 4.79 Å². The van der Waals surface area contributed by atoms with Gasteiger partial charge in [-0.1, -0.05) is 36.4 Å². The van der Waals surface area contributed by atoms with Crippen LogP contribution in [0.2, 0.25) is 0 Å². The van der Waals surface area contributed by atoms with Crippen LogP contribution in [-0.2, 0) is 4.84 Å². The molecule has 0 atom stereocenters. The fourth-order valence-corrected chi connectivity index (χ4v) is 2.43. The van der Waals surface area contributed by atoms with Crippen LogP contribution < -0.4 is 15.1 Å². The van der Waals surface area contributed by atoms with Crippen molar-refractivity contribution in [2.24, 2.45) is 0 Å². The van der Waals surface area contributed by atoms with Gasteiger partial charge in [0.2, 0.25) is 0 Å². The van der Waals surface area contributed by atoms with E-state index in [0.717, 1.165) is 0 Å². The van der Waals surface area contributed by atoms with Gasteiger partial charge in [0.25, 0.3) is 0 Å². The minimum Gasteiger partial charge on any atom is -0.506 e. The molecule has 3 aromatic carbocycles. The molecule has 0 radical (unpaired) electrons. The SMILES string of the molecule is N#CONC(=O)N(c1ccccc1)c1cc(Oc2ccccc2)ccc1O. The quantitative estimate of drug-likeness (QED) is 0.517. The Morgan fingerprint density at radius 3 is 2.30 bits per heavy atom. The summed E-state index contributed by atoms with van der Waals surface area (Å²) in [6.07, 6.45) is 1.37. The van der Waals surface area contributed by atoms with Crippen LogP contribution in [0.3, 0.4) is 0 Å². The second-order valence-corrected chi connectivity index (χ2v) is 5.34. The molecule has 0 unspecified atom stereocenters. The summed E-state index contributed by atoms with van der Waals surface area (Å²) in [7, 11) is 0. The van der Waals surface area contributed by atoms with Crippen molar-refractivity contribution in [2.75, 3.05) is 4.90 Å². The number of urea groups is 1. The normalized spacial score (nSPS) is 9.74. The average Bonchev–Trinajstić information content (AvgIpc) is 2.70. The summed E-state index contributed by atoms with van der Waals surface area (Å²) in [5.41, 5.74) is 2.62. The molecule has 0 spiro atoms. The first-order valence-corrected chi connectivity index (χ1v) is 7.95. The molecule has 7 nitrogen and oxygen atoms in total. The topological polar surface area (TPSA) is 94.8 Å². The second-order valence-electron chi connectivity index (χ2n) is 5.34. The maximum Gasteiger partial charge on any atom is 0.360 e. The third-order valence-corrected chi connectivity index (χ3v) is 3.57. The summed E-state index contributed by atoms with van der Waals surface area (Å²) in [5, 5.41) is 18.9. The minimum atomic E-state index is -0.755. The lowest BCUT2D eigenvalue weighted by molar-refractivity contribution is 0.159. The number of hydroxylamine groups is 1. The van der Waals surface area contributed by atoms with Crippen LogP contribution in [0.1, 0.15) is 0 Å². The van der Waals surface area contributed by atoms with Crippen molar-refractivity contribution in [3.63, 3.8) is 0 Å². The third kappa shape index (κ3) is 4.27. The summed E-state index contributed by atoms with van der Waals surface area (Å²) in [6, 6.07) is 21.5. The molecule has 0 saturated carbocycles. The van der Waals surface area contributed by atoms with Crippen LogP contribution in [-0.4, -0.2) is 11.1 Å².